The molecule has 0 N–H and O–H groups in total. The highest BCUT2D eigenvalue weighted by Gasteiger charge is 2.17. The van der Waals surface area contributed by atoms with Crippen molar-refractivity contribution in [3.8, 4) is 0 Å². The van der Waals surface area contributed by atoms with Gasteiger partial charge in [-0.15, -0.1) is 0 Å². The summed E-state index contributed by atoms with van der Waals surface area (Å²) >= 11 is 0. The molecule has 0 heterocycles. The molecule has 0 aliphatic rings. The first kappa shape index (κ1) is 24.0. The lowest BCUT2D eigenvalue weighted by molar-refractivity contribution is 0.391. The first-order valence-corrected chi connectivity index (χ1v) is 10.9. The van der Waals surface area contributed by atoms with Gasteiger partial charge in [0.25, 0.3) is 0 Å². The van der Waals surface area contributed by atoms with Crippen molar-refractivity contribution >= 4 is 0 Å². The van der Waals surface area contributed by atoms with E-state index in [1.54, 1.807) is 0 Å². The number of benzene rings is 1. The van der Waals surface area contributed by atoms with Crippen LogP contribution >= 0.6 is 0 Å². The second-order valence-electron chi connectivity index (χ2n) is 8.06. The number of hydrogen-bond donors (Lipinski definition) is 0. The molecule has 0 aromatic heterocycles. The van der Waals surface area contributed by atoms with Gasteiger partial charge in [0.05, 0.1) is 0 Å². The van der Waals surface area contributed by atoms with Gasteiger partial charge in [0, 0.05) is 0 Å². The van der Waals surface area contributed by atoms with Crippen molar-refractivity contribution < 1.29 is 0 Å². The normalized spacial score (nSPS) is 17.3. The number of allylic oxidation sites excluding steroid dienone is 10. The largest absolute Gasteiger partial charge is 0.0888 e. The molecule has 1 aromatic carbocycles. The summed E-state index contributed by atoms with van der Waals surface area (Å²) in [7, 11) is 0. The van der Waals surface area contributed by atoms with Crippen molar-refractivity contribution in [2.45, 2.75) is 66.2 Å². The Morgan fingerprint density at radius 3 is 2.14 bits per heavy atom. The van der Waals surface area contributed by atoms with Crippen LogP contribution in [-0.4, -0.2) is 0 Å². The fourth-order valence-electron chi connectivity index (χ4n) is 3.35. The molecule has 0 saturated carbocycles. The second kappa shape index (κ2) is 14.0. The molecule has 0 bridgehead atoms. The average Bonchev–Trinajstić information content (AvgIpc) is 2.70. The van der Waals surface area contributed by atoms with Gasteiger partial charge < -0.3 is 0 Å². The molecule has 0 heteroatoms. The Morgan fingerprint density at radius 1 is 0.857 bits per heavy atom. The summed E-state index contributed by atoms with van der Waals surface area (Å²) in [5, 5.41) is 0. The monoisotopic (exact) mass is 376 g/mol. The van der Waals surface area contributed by atoms with Gasteiger partial charge in [0.2, 0.25) is 0 Å². The van der Waals surface area contributed by atoms with Crippen LogP contribution in [0.2, 0.25) is 0 Å². The molecule has 0 spiro atoms. The molecule has 0 aliphatic carbocycles. The summed E-state index contributed by atoms with van der Waals surface area (Å²) < 4.78 is 0. The van der Waals surface area contributed by atoms with E-state index in [0.29, 0.717) is 11.8 Å². The Bertz CT molecular complexity index is 657. The highest BCUT2D eigenvalue weighted by atomic mass is 14.2. The minimum atomic E-state index is 0.261. The zero-order valence-electron chi connectivity index (χ0n) is 18.6. The molecule has 0 amide bonds. The Balaban J connectivity index is 2.50. The number of hydrogen-bond acceptors (Lipinski definition) is 0. The zero-order valence-corrected chi connectivity index (χ0v) is 18.6. The molecule has 0 fully saturated rings. The molecule has 152 valence electrons. The fourth-order valence-corrected chi connectivity index (χ4v) is 3.35. The van der Waals surface area contributed by atoms with Crippen LogP contribution in [0.1, 0.15) is 71.8 Å². The molecule has 1 aromatic rings. The van der Waals surface area contributed by atoms with Crippen molar-refractivity contribution in [2.24, 2.45) is 11.3 Å². The summed E-state index contributed by atoms with van der Waals surface area (Å²) in [5.74, 6) is 1.05. The highest BCUT2D eigenvalue weighted by molar-refractivity contribution is 5.22. The van der Waals surface area contributed by atoms with E-state index in [0.717, 1.165) is 12.8 Å². The predicted octanol–water partition coefficient (Wildman–Crippen LogP) is 8.81. The van der Waals surface area contributed by atoms with Crippen LogP contribution in [0.5, 0.6) is 0 Å². The van der Waals surface area contributed by atoms with Gasteiger partial charge in [-0.2, -0.15) is 0 Å². The first-order valence-electron chi connectivity index (χ1n) is 10.9. The third-order valence-electron chi connectivity index (χ3n) is 5.39. The molecule has 3 unspecified atom stereocenters. The van der Waals surface area contributed by atoms with Gasteiger partial charge in [0.15, 0.2) is 0 Å². The van der Waals surface area contributed by atoms with E-state index in [-0.39, 0.29) is 5.41 Å². The van der Waals surface area contributed by atoms with Crippen LogP contribution in [0.25, 0.3) is 0 Å². The Kier molecular flexibility index (Phi) is 12.0. The van der Waals surface area contributed by atoms with E-state index in [2.05, 4.69) is 126 Å². The van der Waals surface area contributed by atoms with Crippen LogP contribution in [0.15, 0.2) is 91.1 Å². The molecule has 3 atom stereocenters. The average molecular weight is 377 g/mol. The smallest absolute Gasteiger partial charge is 0.0109 e. The van der Waals surface area contributed by atoms with Crippen LogP contribution < -0.4 is 0 Å². The molecule has 0 radical (unpaired) electrons. The topological polar surface area (TPSA) is 0 Å². The zero-order chi connectivity index (χ0) is 20.7. The lowest BCUT2D eigenvalue weighted by atomic mass is 9.82. The van der Waals surface area contributed by atoms with Crippen LogP contribution in [0.4, 0.5) is 0 Å². The first-order chi connectivity index (χ1) is 13.5. The summed E-state index contributed by atoms with van der Waals surface area (Å²) in [6, 6.07) is 10.7. The lowest BCUT2D eigenvalue weighted by Crippen LogP contribution is -2.11. The Labute approximate surface area is 174 Å². The van der Waals surface area contributed by atoms with Crippen molar-refractivity contribution in [1.29, 1.82) is 0 Å². The van der Waals surface area contributed by atoms with Crippen molar-refractivity contribution in [3.05, 3.63) is 96.7 Å². The SMILES string of the molecule is CC/C=C\CC(C)(/C=C/C=C\C=C\C=C\C(C)C(C)c1ccccc1)CCC. The standard InChI is InChI=1S/C28H40/c1-6-8-17-23-28(5,22-7-2)24-18-12-10-9-11-14-19-25(3)26(4)27-20-15-13-16-21-27/h8-21,24-26H,6-7,22-23H2,1-5H3/b11-9+,12-10-,17-8-,19-14+,24-18+. The van der Waals surface area contributed by atoms with Crippen molar-refractivity contribution in [1.82, 2.24) is 0 Å². The van der Waals surface area contributed by atoms with Gasteiger partial charge in [0.1, 0.15) is 0 Å². The molecular formula is C28H40. The summed E-state index contributed by atoms with van der Waals surface area (Å²) in [6.07, 6.45) is 26.8. The maximum atomic E-state index is 2.36. The maximum absolute atomic E-state index is 2.36. The van der Waals surface area contributed by atoms with Gasteiger partial charge in [-0.05, 0) is 42.1 Å². The molecule has 1 rings (SSSR count). The minimum Gasteiger partial charge on any atom is -0.0888 e. The maximum Gasteiger partial charge on any atom is -0.0109 e. The van der Waals surface area contributed by atoms with E-state index in [4.69, 9.17) is 0 Å². The van der Waals surface area contributed by atoms with Gasteiger partial charge >= 0.3 is 0 Å². The van der Waals surface area contributed by atoms with Crippen LogP contribution in [0.3, 0.4) is 0 Å². The van der Waals surface area contributed by atoms with Gasteiger partial charge in [-0.25, -0.2) is 0 Å². The van der Waals surface area contributed by atoms with Crippen LogP contribution in [-0.2, 0) is 0 Å². The van der Waals surface area contributed by atoms with Gasteiger partial charge in [-0.1, -0.05) is 132 Å². The number of rotatable bonds is 12. The quantitative estimate of drug-likeness (QED) is 0.252. The Hall–Kier alpha value is -2.08. The summed E-state index contributed by atoms with van der Waals surface area (Å²) in [6.45, 7) is 11.4. The molecule has 0 saturated heterocycles. The molecule has 28 heavy (non-hydrogen) atoms. The third-order valence-corrected chi connectivity index (χ3v) is 5.39. The van der Waals surface area contributed by atoms with E-state index in [1.807, 2.05) is 0 Å². The second-order valence-corrected chi connectivity index (χ2v) is 8.06. The van der Waals surface area contributed by atoms with Gasteiger partial charge in [-0.3, -0.25) is 0 Å². The Morgan fingerprint density at radius 2 is 1.50 bits per heavy atom. The minimum absolute atomic E-state index is 0.261. The van der Waals surface area contributed by atoms with E-state index in [1.165, 1.54) is 18.4 Å². The third kappa shape index (κ3) is 9.74. The van der Waals surface area contributed by atoms with Crippen molar-refractivity contribution in [3.63, 3.8) is 0 Å². The van der Waals surface area contributed by atoms with E-state index < -0.39 is 0 Å². The molecular weight excluding hydrogens is 336 g/mol. The van der Waals surface area contributed by atoms with E-state index >= 15 is 0 Å². The van der Waals surface area contributed by atoms with E-state index in [9.17, 15) is 0 Å². The van der Waals surface area contributed by atoms with Crippen molar-refractivity contribution in [2.75, 3.05) is 0 Å². The fraction of sp³-hybridized carbons (Fsp3) is 0.429. The molecule has 0 aliphatic heterocycles. The van der Waals surface area contributed by atoms with Crippen LogP contribution in [0, 0.1) is 11.3 Å². The summed E-state index contributed by atoms with van der Waals surface area (Å²) in [4.78, 5) is 0. The lowest BCUT2D eigenvalue weighted by Gasteiger charge is -2.23. The highest BCUT2D eigenvalue weighted by Crippen LogP contribution is 2.30. The predicted molar refractivity (Wildman–Crippen MR) is 128 cm³/mol. The summed E-state index contributed by atoms with van der Waals surface area (Å²) in [5.41, 5.74) is 1.66. The molecule has 0 nitrogen and oxygen atoms in total.